The van der Waals surface area contributed by atoms with Gasteiger partial charge in [-0.1, -0.05) is 31.5 Å². The van der Waals surface area contributed by atoms with Crippen molar-refractivity contribution in [3.63, 3.8) is 0 Å². The van der Waals surface area contributed by atoms with E-state index in [1.165, 1.54) is 0 Å². The standard InChI is InChI=1S/C14H22N2O2/c1-3-7-13(15-2)10-6-9-12-8-4-5-11-14(12)16(17)18/h4-5,8,11,13,15H,3,6-7,9-10H2,1-2H3. The van der Waals surface area contributed by atoms with Gasteiger partial charge >= 0.3 is 0 Å². The molecule has 0 saturated heterocycles. The summed E-state index contributed by atoms with van der Waals surface area (Å²) in [6.07, 6.45) is 5.15. The predicted molar refractivity (Wildman–Crippen MR) is 73.8 cm³/mol. The number of rotatable bonds is 8. The molecule has 0 bridgehead atoms. The summed E-state index contributed by atoms with van der Waals surface area (Å²) in [7, 11) is 1.98. The molecular weight excluding hydrogens is 228 g/mol. The van der Waals surface area contributed by atoms with Crippen LogP contribution in [0.15, 0.2) is 24.3 Å². The van der Waals surface area contributed by atoms with Crippen LogP contribution in [0.4, 0.5) is 5.69 Å². The van der Waals surface area contributed by atoms with Crippen molar-refractivity contribution in [2.75, 3.05) is 7.05 Å². The van der Waals surface area contributed by atoms with E-state index < -0.39 is 0 Å². The number of aryl methyl sites for hydroxylation is 1. The molecule has 0 radical (unpaired) electrons. The number of nitrogens with zero attached hydrogens (tertiary/aromatic N) is 1. The van der Waals surface area contributed by atoms with E-state index >= 15 is 0 Å². The smallest absolute Gasteiger partial charge is 0.272 e. The van der Waals surface area contributed by atoms with E-state index in [0.29, 0.717) is 6.04 Å². The van der Waals surface area contributed by atoms with Crippen LogP contribution in [-0.4, -0.2) is 18.0 Å². The Labute approximate surface area is 109 Å². The van der Waals surface area contributed by atoms with Crippen molar-refractivity contribution in [2.24, 2.45) is 0 Å². The Morgan fingerprint density at radius 2 is 2.06 bits per heavy atom. The van der Waals surface area contributed by atoms with Gasteiger partial charge in [0.15, 0.2) is 0 Å². The average molecular weight is 250 g/mol. The minimum absolute atomic E-state index is 0.244. The van der Waals surface area contributed by atoms with Crippen LogP contribution in [0.3, 0.4) is 0 Å². The maximum atomic E-state index is 10.9. The van der Waals surface area contributed by atoms with Gasteiger partial charge in [0, 0.05) is 17.7 Å². The molecule has 0 aliphatic rings. The number of nitrogens with one attached hydrogen (secondary N) is 1. The lowest BCUT2D eigenvalue weighted by molar-refractivity contribution is -0.385. The Bertz CT molecular complexity index is 380. The highest BCUT2D eigenvalue weighted by atomic mass is 16.6. The number of nitro benzene ring substituents is 1. The van der Waals surface area contributed by atoms with Crippen molar-refractivity contribution in [2.45, 2.75) is 45.1 Å². The molecule has 1 unspecified atom stereocenters. The lowest BCUT2D eigenvalue weighted by Crippen LogP contribution is -2.24. The number of benzene rings is 1. The van der Waals surface area contributed by atoms with Crippen LogP contribution in [0.1, 0.15) is 38.2 Å². The molecule has 0 fully saturated rings. The van der Waals surface area contributed by atoms with E-state index in [0.717, 1.165) is 37.7 Å². The normalized spacial score (nSPS) is 12.3. The van der Waals surface area contributed by atoms with Gasteiger partial charge in [-0.05, 0) is 32.7 Å². The van der Waals surface area contributed by atoms with Gasteiger partial charge in [0.05, 0.1) is 4.92 Å². The van der Waals surface area contributed by atoms with Gasteiger partial charge in [-0.15, -0.1) is 0 Å². The first-order valence-electron chi connectivity index (χ1n) is 6.58. The van der Waals surface area contributed by atoms with Gasteiger partial charge in [0.25, 0.3) is 5.69 Å². The third-order valence-corrected chi connectivity index (χ3v) is 3.23. The molecule has 0 aliphatic carbocycles. The molecule has 0 saturated carbocycles. The first-order valence-corrected chi connectivity index (χ1v) is 6.58. The van der Waals surface area contributed by atoms with Crippen molar-refractivity contribution in [3.8, 4) is 0 Å². The number of nitro groups is 1. The first kappa shape index (κ1) is 14.6. The second kappa shape index (κ2) is 7.82. The van der Waals surface area contributed by atoms with Crippen molar-refractivity contribution in [3.05, 3.63) is 39.9 Å². The summed E-state index contributed by atoms with van der Waals surface area (Å²) in [5, 5.41) is 14.2. The van der Waals surface area contributed by atoms with E-state index in [4.69, 9.17) is 0 Å². The van der Waals surface area contributed by atoms with Crippen LogP contribution < -0.4 is 5.32 Å². The maximum absolute atomic E-state index is 10.9. The fourth-order valence-corrected chi connectivity index (χ4v) is 2.22. The molecule has 4 nitrogen and oxygen atoms in total. The molecular formula is C14H22N2O2. The summed E-state index contributed by atoms with van der Waals surface area (Å²) < 4.78 is 0. The topological polar surface area (TPSA) is 55.2 Å². The molecule has 18 heavy (non-hydrogen) atoms. The zero-order valence-electron chi connectivity index (χ0n) is 11.2. The zero-order chi connectivity index (χ0) is 13.4. The molecule has 0 heterocycles. The van der Waals surface area contributed by atoms with Crippen molar-refractivity contribution in [1.82, 2.24) is 5.32 Å². The highest BCUT2D eigenvalue weighted by Crippen LogP contribution is 2.20. The SMILES string of the molecule is CCCC(CCCc1ccccc1[N+](=O)[O-])NC. The van der Waals surface area contributed by atoms with E-state index in [2.05, 4.69) is 12.2 Å². The monoisotopic (exact) mass is 250 g/mol. The Morgan fingerprint density at radius 1 is 1.33 bits per heavy atom. The third-order valence-electron chi connectivity index (χ3n) is 3.23. The van der Waals surface area contributed by atoms with E-state index in [-0.39, 0.29) is 10.6 Å². The van der Waals surface area contributed by atoms with Crippen molar-refractivity contribution in [1.29, 1.82) is 0 Å². The number of para-hydroxylation sites is 1. The average Bonchev–Trinajstić information content (AvgIpc) is 2.38. The summed E-state index contributed by atoms with van der Waals surface area (Å²) in [6.45, 7) is 2.17. The molecule has 0 spiro atoms. The molecule has 0 aliphatic heterocycles. The second-order valence-electron chi connectivity index (χ2n) is 4.55. The van der Waals surface area contributed by atoms with Gasteiger partial charge < -0.3 is 5.32 Å². The van der Waals surface area contributed by atoms with Gasteiger partial charge in [-0.2, -0.15) is 0 Å². The molecule has 0 aromatic heterocycles. The molecule has 100 valence electrons. The first-order chi connectivity index (χ1) is 8.69. The summed E-state index contributed by atoms with van der Waals surface area (Å²) in [5.74, 6) is 0. The van der Waals surface area contributed by atoms with Crippen LogP contribution in [0.25, 0.3) is 0 Å². The third kappa shape index (κ3) is 4.45. The highest BCUT2D eigenvalue weighted by Gasteiger charge is 2.12. The molecule has 1 rings (SSSR count). The van der Waals surface area contributed by atoms with Gasteiger partial charge in [-0.25, -0.2) is 0 Å². The summed E-state index contributed by atoms with van der Waals surface area (Å²) in [6, 6.07) is 7.54. The van der Waals surface area contributed by atoms with E-state index in [1.54, 1.807) is 12.1 Å². The van der Waals surface area contributed by atoms with Crippen LogP contribution in [0.2, 0.25) is 0 Å². The quantitative estimate of drug-likeness (QED) is 0.569. The van der Waals surface area contributed by atoms with Gasteiger partial charge in [0.2, 0.25) is 0 Å². The lowest BCUT2D eigenvalue weighted by Gasteiger charge is -2.14. The Hall–Kier alpha value is -1.42. The molecule has 0 amide bonds. The minimum Gasteiger partial charge on any atom is -0.317 e. The molecule has 1 atom stereocenters. The summed E-state index contributed by atoms with van der Waals surface area (Å²) in [4.78, 5) is 10.6. The Kier molecular flexibility index (Phi) is 6.36. The number of hydrogen-bond donors (Lipinski definition) is 1. The van der Waals surface area contributed by atoms with E-state index in [1.807, 2.05) is 19.2 Å². The number of hydrogen-bond acceptors (Lipinski definition) is 3. The van der Waals surface area contributed by atoms with Crippen molar-refractivity contribution < 1.29 is 4.92 Å². The summed E-state index contributed by atoms with van der Waals surface area (Å²) >= 11 is 0. The fourth-order valence-electron chi connectivity index (χ4n) is 2.22. The largest absolute Gasteiger partial charge is 0.317 e. The van der Waals surface area contributed by atoms with E-state index in [9.17, 15) is 10.1 Å². The minimum atomic E-state index is -0.295. The fraction of sp³-hybridized carbons (Fsp3) is 0.571. The highest BCUT2D eigenvalue weighted by molar-refractivity contribution is 5.39. The van der Waals surface area contributed by atoms with Crippen molar-refractivity contribution >= 4 is 5.69 Å². The van der Waals surface area contributed by atoms with Crippen LogP contribution >= 0.6 is 0 Å². The van der Waals surface area contributed by atoms with Gasteiger partial charge in [0.1, 0.15) is 0 Å². The second-order valence-corrected chi connectivity index (χ2v) is 4.55. The van der Waals surface area contributed by atoms with Crippen LogP contribution in [0.5, 0.6) is 0 Å². The Balaban J connectivity index is 2.50. The molecule has 1 N–H and O–H groups in total. The summed E-state index contributed by atoms with van der Waals surface area (Å²) in [5.41, 5.74) is 1.09. The predicted octanol–water partition coefficient (Wildman–Crippen LogP) is 3.31. The zero-order valence-corrected chi connectivity index (χ0v) is 11.2. The molecule has 1 aromatic rings. The van der Waals surface area contributed by atoms with Crippen LogP contribution in [-0.2, 0) is 6.42 Å². The lowest BCUT2D eigenvalue weighted by atomic mass is 10.0. The molecule has 1 aromatic carbocycles. The molecule has 4 heteroatoms. The van der Waals surface area contributed by atoms with Gasteiger partial charge in [-0.3, -0.25) is 10.1 Å². The Morgan fingerprint density at radius 3 is 2.67 bits per heavy atom. The maximum Gasteiger partial charge on any atom is 0.272 e. The van der Waals surface area contributed by atoms with Crippen LogP contribution in [0, 0.1) is 10.1 Å².